The van der Waals surface area contributed by atoms with Crippen LogP contribution in [0.2, 0.25) is 0 Å². The number of pyridine rings is 1. The van der Waals surface area contributed by atoms with Gasteiger partial charge in [0.25, 0.3) is 5.91 Å². The van der Waals surface area contributed by atoms with E-state index in [1.165, 1.54) is 12.3 Å². The largest absolute Gasteiger partial charge is 0.495 e. The lowest BCUT2D eigenvalue weighted by Gasteiger charge is -2.10. The third kappa shape index (κ3) is 3.18. The van der Waals surface area contributed by atoms with E-state index in [9.17, 15) is 9.18 Å². The van der Waals surface area contributed by atoms with Gasteiger partial charge in [-0.05, 0) is 44.0 Å². The maximum absolute atomic E-state index is 14.6. The highest BCUT2D eigenvalue weighted by molar-refractivity contribution is 6.09. The molecule has 0 bridgehead atoms. The van der Waals surface area contributed by atoms with E-state index in [1.54, 1.807) is 42.9 Å². The quantitative estimate of drug-likeness (QED) is 0.527. The molecule has 0 saturated heterocycles. The Balaban J connectivity index is 1.46. The topological polar surface area (TPSA) is 97.2 Å². The smallest absolute Gasteiger partial charge is 0.259 e. The molecule has 1 aromatic carbocycles. The fourth-order valence-corrected chi connectivity index (χ4v) is 3.33. The summed E-state index contributed by atoms with van der Waals surface area (Å²) in [6.45, 7) is 1.61. The van der Waals surface area contributed by atoms with Crippen molar-refractivity contribution < 1.29 is 13.9 Å². The molecular weight excluding hydrogens is 387 g/mol. The van der Waals surface area contributed by atoms with Gasteiger partial charge in [0.05, 0.1) is 30.6 Å². The van der Waals surface area contributed by atoms with Crippen LogP contribution in [-0.4, -0.2) is 37.8 Å². The van der Waals surface area contributed by atoms with Gasteiger partial charge in [-0.15, -0.1) is 0 Å². The van der Waals surface area contributed by atoms with Gasteiger partial charge in [0.15, 0.2) is 5.82 Å². The van der Waals surface area contributed by atoms with E-state index in [1.807, 2.05) is 0 Å². The summed E-state index contributed by atoms with van der Waals surface area (Å²) in [6.07, 6.45) is 5.32. The summed E-state index contributed by atoms with van der Waals surface area (Å²) in [4.78, 5) is 17.4. The Morgan fingerprint density at radius 1 is 1.33 bits per heavy atom. The van der Waals surface area contributed by atoms with Crippen molar-refractivity contribution in [3.05, 3.63) is 59.4 Å². The second kappa shape index (κ2) is 6.94. The van der Waals surface area contributed by atoms with Crippen LogP contribution in [0.5, 0.6) is 5.75 Å². The van der Waals surface area contributed by atoms with Gasteiger partial charge in [-0.3, -0.25) is 9.89 Å². The molecule has 1 saturated carbocycles. The molecule has 0 atom stereocenters. The Kier molecular flexibility index (Phi) is 4.23. The second-order valence-corrected chi connectivity index (χ2v) is 7.36. The normalized spacial score (nSPS) is 13.6. The number of carbonyl (C=O) groups excluding carboxylic acids is 1. The zero-order chi connectivity index (χ0) is 20.8. The molecule has 30 heavy (non-hydrogen) atoms. The molecule has 3 aromatic heterocycles. The second-order valence-electron chi connectivity index (χ2n) is 7.36. The van der Waals surface area contributed by atoms with Gasteiger partial charge >= 0.3 is 0 Å². The summed E-state index contributed by atoms with van der Waals surface area (Å²) in [5.74, 6) is 1.44. The third-order valence-electron chi connectivity index (χ3n) is 5.29. The number of anilines is 1. The minimum absolute atomic E-state index is 0.336. The van der Waals surface area contributed by atoms with Crippen LogP contribution in [0, 0.1) is 12.7 Å². The molecule has 1 fully saturated rings. The molecule has 1 aliphatic rings. The van der Waals surface area contributed by atoms with Crippen molar-refractivity contribution in [3.63, 3.8) is 0 Å². The van der Waals surface area contributed by atoms with Crippen molar-refractivity contribution in [2.24, 2.45) is 0 Å². The Bertz CT molecular complexity index is 1270. The van der Waals surface area contributed by atoms with Crippen molar-refractivity contribution in [2.45, 2.75) is 25.7 Å². The number of hydrogen-bond donors (Lipinski definition) is 2. The van der Waals surface area contributed by atoms with E-state index < -0.39 is 5.82 Å². The van der Waals surface area contributed by atoms with Gasteiger partial charge in [-0.1, -0.05) is 0 Å². The molecule has 4 aromatic rings. The van der Waals surface area contributed by atoms with Gasteiger partial charge in [-0.25, -0.2) is 13.9 Å². The molecule has 152 valence electrons. The number of methoxy groups -OCH3 is 1. The lowest BCUT2D eigenvalue weighted by molar-refractivity contribution is 0.102. The number of aromatic amines is 1. The molecule has 0 spiro atoms. The van der Waals surface area contributed by atoms with E-state index in [2.05, 4.69) is 25.6 Å². The molecular formula is C21H19FN6O2. The number of nitrogens with one attached hydrogen (secondary N) is 2. The Morgan fingerprint density at radius 3 is 2.93 bits per heavy atom. The van der Waals surface area contributed by atoms with E-state index in [0.717, 1.165) is 18.7 Å². The molecule has 2 N–H and O–H groups in total. The van der Waals surface area contributed by atoms with Gasteiger partial charge < -0.3 is 10.1 Å². The maximum atomic E-state index is 14.6. The fourth-order valence-electron chi connectivity index (χ4n) is 3.33. The zero-order valence-corrected chi connectivity index (χ0v) is 16.4. The van der Waals surface area contributed by atoms with E-state index in [-0.39, 0.29) is 5.91 Å². The lowest BCUT2D eigenvalue weighted by Crippen LogP contribution is -2.13. The standard InChI is InChI=1S/C21H19FN6O2/c1-11-16(22)7-13(20-25-19(26-27-20)12-3-4-12)8-17(11)24-21(29)15-9-23-28-10-14(30-2)5-6-18(15)28/h5-10,12H,3-4H2,1-2H3,(H,24,29)(H,25,26,27). The number of H-pyrrole nitrogens is 1. The van der Waals surface area contributed by atoms with E-state index in [0.29, 0.717) is 45.4 Å². The Hall–Kier alpha value is -3.75. The number of halogens is 1. The van der Waals surface area contributed by atoms with Crippen molar-refractivity contribution in [1.82, 2.24) is 24.8 Å². The number of amides is 1. The third-order valence-corrected chi connectivity index (χ3v) is 5.29. The number of carbonyl (C=O) groups is 1. The van der Waals surface area contributed by atoms with Gasteiger partial charge in [0.1, 0.15) is 17.4 Å². The maximum Gasteiger partial charge on any atom is 0.259 e. The van der Waals surface area contributed by atoms with Crippen LogP contribution in [-0.2, 0) is 0 Å². The molecule has 0 unspecified atom stereocenters. The first-order valence-corrected chi connectivity index (χ1v) is 9.59. The molecule has 8 nitrogen and oxygen atoms in total. The van der Waals surface area contributed by atoms with Crippen molar-refractivity contribution in [3.8, 4) is 17.1 Å². The number of fused-ring (bicyclic) bond motifs is 1. The van der Waals surface area contributed by atoms with E-state index >= 15 is 0 Å². The first kappa shape index (κ1) is 18.3. The number of aromatic nitrogens is 5. The summed E-state index contributed by atoms with van der Waals surface area (Å²) in [5.41, 5.74) is 2.19. The number of ether oxygens (including phenoxy) is 1. The summed E-state index contributed by atoms with van der Waals surface area (Å²) in [6, 6.07) is 6.56. The lowest BCUT2D eigenvalue weighted by atomic mass is 10.1. The monoisotopic (exact) mass is 406 g/mol. The van der Waals surface area contributed by atoms with Crippen LogP contribution in [0.15, 0.2) is 36.7 Å². The summed E-state index contributed by atoms with van der Waals surface area (Å²) < 4.78 is 21.3. The number of benzene rings is 1. The van der Waals surface area contributed by atoms with Crippen LogP contribution in [0.4, 0.5) is 10.1 Å². The van der Waals surface area contributed by atoms with Gasteiger partial charge in [-0.2, -0.15) is 10.2 Å². The van der Waals surface area contributed by atoms with Crippen LogP contribution in [0.1, 0.15) is 40.5 Å². The minimum atomic E-state index is -0.440. The van der Waals surface area contributed by atoms with Gasteiger partial charge in [0.2, 0.25) is 0 Å². The molecule has 0 aliphatic heterocycles. The highest BCUT2D eigenvalue weighted by Crippen LogP contribution is 2.38. The van der Waals surface area contributed by atoms with Crippen molar-refractivity contribution in [1.29, 1.82) is 0 Å². The Labute approximate surface area is 171 Å². The van der Waals surface area contributed by atoms with Gasteiger partial charge in [0, 0.05) is 22.7 Å². The predicted octanol–water partition coefficient (Wildman–Crippen LogP) is 3.71. The Morgan fingerprint density at radius 2 is 2.17 bits per heavy atom. The van der Waals surface area contributed by atoms with Crippen LogP contribution < -0.4 is 10.1 Å². The minimum Gasteiger partial charge on any atom is -0.495 e. The molecule has 1 amide bonds. The first-order valence-electron chi connectivity index (χ1n) is 9.59. The average molecular weight is 406 g/mol. The zero-order valence-electron chi connectivity index (χ0n) is 16.4. The summed E-state index contributed by atoms with van der Waals surface area (Å²) >= 11 is 0. The van der Waals surface area contributed by atoms with Crippen molar-refractivity contribution >= 4 is 17.1 Å². The molecule has 1 aliphatic carbocycles. The fraction of sp³-hybridized carbons (Fsp3) is 0.238. The summed E-state index contributed by atoms with van der Waals surface area (Å²) in [5, 5.41) is 14.1. The number of rotatable bonds is 5. The number of nitrogens with zero attached hydrogens (tertiary/aromatic N) is 4. The van der Waals surface area contributed by atoms with Crippen LogP contribution in [0.25, 0.3) is 16.9 Å². The summed E-state index contributed by atoms with van der Waals surface area (Å²) in [7, 11) is 1.56. The van der Waals surface area contributed by atoms with Crippen molar-refractivity contribution in [2.75, 3.05) is 12.4 Å². The molecule has 5 rings (SSSR count). The average Bonchev–Trinajstić information content (AvgIpc) is 3.32. The van der Waals surface area contributed by atoms with E-state index in [4.69, 9.17) is 4.74 Å². The molecule has 0 radical (unpaired) electrons. The highest BCUT2D eigenvalue weighted by atomic mass is 19.1. The molecule has 3 heterocycles. The molecule has 9 heteroatoms. The van der Waals surface area contributed by atoms with Crippen LogP contribution in [0.3, 0.4) is 0 Å². The number of hydrogen-bond acceptors (Lipinski definition) is 5. The highest BCUT2D eigenvalue weighted by Gasteiger charge is 2.27. The SMILES string of the molecule is COc1ccc2c(C(=O)Nc3cc(-c4n[nH]c(C5CC5)n4)cc(F)c3C)cnn2c1. The van der Waals surface area contributed by atoms with Crippen LogP contribution >= 0.6 is 0 Å². The first-order chi connectivity index (χ1) is 14.5. The predicted molar refractivity (Wildman–Crippen MR) is 108 cm³/mol.